The molecule has 1 aromatic carbocycles. The lowest BCUT2D eigenvalue weighted by atomic mass is 10.2. The second kappa shape index (κ2) is 13.5. The zero-order valence-corrected chi connectivity index (χ0v) is 17.4. The quantitative estimate of drug-likeness (QED) is 0.803. The Kier molecular flexibility index (Phi) is 13.7. The van der Waals surface area contributed by atoms with Crippen molar-refractivity contribution in [1.29, 1.82) is 0 Å². The minimum absolute atomic E-state index is 0.119. The van der Waals surface area contributed by atoms with E-state index >= 15 is 0 Å². The number of carboxylic acids is 1. The van der Waals surface area contributed by atoms with Crippen molar-refractivity contribution < 1.29 is 18.3 Å². The number of carbonyl (C=O) groups is 1. The molecule has 0 amide bonds. The van der Waals surface area contributed by atoms with Gasteiger partial charge in [-0.1, -0.05) is 48.5 Å². The van der Waals surface area contributed by atoms with Crippen molar-refractivity contribution >= 4 is 26.7 Å². The van der Waals surface area contributed by atoms with Gasteiger partial charge < -0.3 is 9.67 Å². The number of carboxylic acid groups (broad SMARTS) is 1. The van der Waals surface area contributed by atoms with E-state index in [0.717, 1.165) is 10.9 Å². The summed E-state index contributed by atoms with van der Waals surface area (Å²) < 4.78 is 25.5. The van der Waals surface area contributed by atoms with Gasteiger partial charge >= 0.3 is 5.97 Å². The van der Waals surface area contributed by atoms with Crippen LogP contribution < -0.4 is 0 Å². The van der Waals surface area contributed by atoms with Crippen molar-refractivity contribution in [3.8, 4) is 0 Å². The van der Waals surface area contributed by atoms with Gasteiger partial charge in [-0.2, -0.15) is 0 Å². The lowest BCUT2D eigenvalue weighted by Crippen LogP contribution is -2.08. The lowest BCUT2D eigenvalue weighted by molar-refractivity contribution is -0.137. The number of benzene rings is 1. The molecule has 0 saturated heterocycles. The fourth-order valence-corrected chi connectivity index (χ4v) is 3.40. The van der Waals surface area contributed by atoms with Gasteiger partial charge in [0.05, 0.1) is 10.6 Å². The third-order valence-corrected chi connectivity index (χ3v) is 4.80. The summed E-state index contributed by atoms with van der Waals surface area (Å²) in [6, 6.07) is 6.51. The van der Waals surface area contributed by atoms with Crippen LogP contribution in [0.2, 0.25) is 0 Å². The molecule has 144 valence electrons. The van der Waals surface area contributed by atoms with Crippen LogP contribution in [0.3, 0.4) is 0 Å². The first kappa shape index (κ1) is 25.4. The van der Waals surface area contributed by atoms with Crippen LogP contribution >= 0.6 is 0 Å². The van der Waals surface area contributed by atoms with E-state index in [0.29, 0.717) is 6.42 Å². The number of aromatic nitrogens is 1. The van der Waals surface area contributed by atoms with Gasteiger partial charge in [0.25, 0.3) is 0 Å². The van der Waals surface area contributed by atoms with Crippen molar-refractivity contribution in [3.63, 3.8) is 0 Å². The summed E-state index contributed by atoms with van der Waals surface area (Å²) in [6.45, 7) is 13.7. The average Bonchev–Trinajstić information content (AvgIpc) is 3.02. The molecule has 5 nitrogen and oxygen atoms in total. The highest BCUT2D eigenvalue weighted by Gasteiger charge is 2.14. The number of nitrogens with zero attached hydrogens (tertiary/aromatic N) is 1. The summed E-state index contributed by atoms with van der Waals surface area (Å²) in [4.78, 5) is 11.0. The first-order valence-electron chi connectivity index (χ1n) is 8.97. The molecule has 2 rings (SSSR count). The Morgan fingerprint density at radius 2 is 1.60 bits per heavy atom. The highest BCUT2D eigenvalue weighted by atomic mass is 32.2. The molecule has 25 heavy (non-hydrogen) atoms. The molecule has 0 unspecified atom stereocenters. The van der Waals surface area contributed by atoms with Crippen LogP contribution in [0.1, 0.15) is 54.9 Å². The van der Waals surface area contributed by atoms with Crippen LogP contribution in [0.4, 0.5) is 0 Å². The number of sulfone groups is 1. The second-order valence-corrected chi connectivity index (χ2v) is 6.49. The molecule has 1 aromatic heterocycles. The number of hydrogen-bond acceptors (Lipinski definition) is 3. The van der Waals surface area contributed by atoms with Crippen molar-refractivity contribution in [3.05, 3.63) is 30.5 Å². The summed E-state index contributed by atoms with van der Waals surface area (Å²) in [7, 11) is -3.24. The molecule has 0 aliphatic carbocycles. The second-order valence-electron chi connectivity index (χ2n) is 4.38. The molecule has 2 aromatic rings. The van der Waals surface area contributed by atoms with E-state index < -0.39 is 15.8 Å². The topological polar surface area (TPSA) is 76.4 Å². The van der Waals surface area contributed by atoms with Gasteiger partial charge in [-0.3, -0.25) is 4.79 Å². The maximum atomic E-state index is 12.0. The molecule has 0 aliphatic heterocycles. The van der Waals surface area contributed by atoms with Gasteiger partial charge in [0.1, 0.15) is 6.54 Å². The smallest absolute Gasteiger partial charge is 0.323 e. The van der Waals surface area contributed by atoms with E-state index in [-0.39, 0.29) is 17.2 Å². The van der Waals surface area contributed by atoms with Gasteiger partial charge in [0.2, 0.25) is 0 Å². The van der Waals surface area contributed by atoms with Gasteiger partial charge in [0.15, 0.2) is 9.84 Å². The highest BCUT2D eigenvalue weighted by Crippen LogP contribution is 2.21. The van der Waals surface area contributed by atoms with Gasteiger partial charge in [-0.25, -0.2) is 8.42 Å². The number of aliphatic carboxylic acids is 1. The Balaban J connectivity index is 0. The Hall–Kier alpha value is -1.82. The number of hydrogen-bond donors (Lipinski definition) is 1. The third-order valence-electron chi connectivity index (χ3n) is 2.88. The minimum Gasteiger partial charge on any atom is -0.480 e. The van der Waals surface area contributed by atoms with Crippen LogP contribution in [0.15, 0.2) is 35.4 Å². The average molecular weight is 372 g/mol. The first-order chi connectivity index (χ1) is 11.9. The minimum atomic E-state index is -3.24. The molecule has 1 N–H and O–H groups in total. The van der Waals surface area contributed by atoms with Crippen LogP contribution in [0, 0.1) is 0 Å². The number of fused-ring (bicyclic) bond motifs is 1. The SMILES string of the molecule is CC.CC.CC.CCCS(=O)(=O)c1ccc2c(ccn2CC(=O)O)c1. The Morgan fingerprint density at radius 3 is 2.08 bits per heavy atom. The molecule has 0 bridgehead atoms. The van der Waals surface area contributed by atoms with Crippen LogP contribution in [-0.2, 0) is 21.2 Å². The molecule has 6 heteroatoms. The van der Waals surface area contributed by atoms with Crippen LogP contribution in [0.5, 0.6) is 0 Å². The molecule has 0 fully saturated rings. The van der Waals surface area contributed by atoms with E-state index in [2.05, 4.69) is 0 Å². The zero-order chi connectivity index (χ0) is 20.0. The van der Waals surface area contributed by atoms with Crippen molar-refractivity contribution in [1.82, 2.24) is 4.57 Å². The molecule has 0 radical (unpaired) electrons. The summed E-state index contributed by atoms with van der Waals surface area (Å²) >= 11 is 0. The summed E-state index contributed by atoms with van der Waals surface area (Å²) in [6.07, 6.45) is 2.22. The molecule has 0 saturated carbocycles. The van der Waals surface area contributed by atoms with Crippen LogP contribution in [0.25, 0.3) is 10.9 Å². The van der Waals surface area contributed by atoms with Crippen molar-refractivity contribution in [2.24, 2.45) is 0 Å². The summed E-state index contributed by atoms with van der Waals surface area (Å²) in [5.41, 5.74) is 0.720. The third kappa shape index (κ3) is 7.73. The lowest BCUT2D eigenvalue weighted by Gasteiger charge is -2.05. The molecular formula is C19H33NO4S. The Labute approximate surface area is 152 Å². The Bertz CT molecular complexity index is 718. The van der Waals surface area contributed by atoms with Crippen molar-refractivity contribution in [2.75, 3.05) is 5.75 Å². The summed E-state index contributed by atoms with van der Waals surface area (Å²) in [5.74, 6) is -0.811. The van der Waals surface area contributed by atoms with Gasteiger partial charge in [0, 0.05) is 17.1 Å². The van der Waals surface area contributed by atoms with Crippen molar-refractivity contribution in [2.45, 2.75) is 66.3 Å². The largest absolute Gasteiger partial charge is 0.480 e. The molecule has 0 aliphatic rings. The van der Waals surface area contributed by atoms with E-state index in [4.69, 9.17) is 5.11 Å². The van der Waals surface area contributed by atoms with E-state index in [1.54, 1.807) is 29.0 Å². The molecule has 1 heterocycles. The van der Waals surface area contributed by atoms with E-state index in [1.165, 1.54) is 6.07 Å². The maximum Gasteiger partial charge on any atom is 0.323 e. The van der Waals surface area contributed by atoms with Gasteiger partial charge in [-0.05, 0) is 30.7 Å². The fourth-order valence-electron chi connectivity index (χ4n) is 2.04. The maximum absolute atomic E-state index is 12.0. The predicted molar refractivity (Wildman–Crippen MR) is 106 cm³/mol. The molecule has 0 spiro atoms. The monoisotopic (exact) mass is 371 g/mol. The normalized spacial score (nSPS) is 9.72. The predicted octanol–water partition coefficient (Wildman–Crippen LogP) is 4.99. The number of rotatable bonds is 5. The van der Waals surface area contributed by atoms with E-state index in [9.17, 15) is 13.2 Å². The first-order valence-corrected chi connectivity index (χ1v) is 10.6. The van der Waals surface area contributed by atoms with Gasteiger partial charge in [-0.15, -0.1) is 0 Å². The molecular weight excluding hydrogens is 338 g/mol. The van der Waals surface area contributed by atoms with Crippen LogP contribution in [-0.4, -0.2) is 29.8 Å². The zero-order valence-electron chi connectivity index (χ0n) is 16.5. The Morgan fingerprint density at radius 1 is 1.04 bits per heavy atom. The van der Waals surface area contributed by atoms with E-state index in [1.807, 2.05) is 48.5 Å². The molecule has 0 atom stereocenters. The highest BCUT2D eigenvalue weighted by molar-refractivity contribution is 7.91. The standard InChI is InChI=1S/C13H15NO4S.3C2H6/c1-2-7-19(17,18)11-3-4-12-10(8-11)5-6-14(12)9-13(15)16;3*1-2/h3-6,8H,2,7,9H2,1H3,(H,15,16);3*1-2H3. The summed E-state index contributed by atoms with van der Waals surface area (Å²) in [5, 5.41) is 9.52. The fraction of sp³-hybridized carbons (Fsp3) is 0.526.